The molecule has 1 radical (unpaired) electrons. The van der Waals surface area contributed by atoms with Gasteiger partial charge >= 0.3 is 0 Å². The van der Waals surface area contributed by atoms with Gasteiger partial charge in [-0.05, 0) is 52.1 Å². The minimum Gasteiger partial charge on any atom is -0.500 e. The third-order valence-corrected chi connectivity index (χ3v) is 9.58. The quantitative estimate of drug-likeness (QED) is 0.132. The first kappa shape index (κ1) is 31.2. The summed E-state index contributed by atoms with van der Waals surface area (Å²) < 4.78 is 21.1. The van der Waals surface area contributed by atoms with Gasteiger partial charge in [-0.3, -0.25) is 4.39 Å². The van der Waals surface area contributed by atoms with Gasteiger partial charge in [-0.25, -0.2) is 0 Å². The van der Waals surface area contributed by atoms with E-state index in [4.69, 9.17) is 4.42 Å². The zero-order chi connectivity index (χ0) is 30.0. The van der Waals surface area contributed by atoms with Crippen molar-refractivity contribution in [2.24, 2.45) is 0 Å². The van der Waals surface area contributed by atoms with Crippen molar-refractivity contribution < 1.29 is 28.9 Å². The number of furan rings is 1. The summed E-state index contributed by atoms with van der Waals surface area (Å²) >= 11 is 0. The zero-order valence-corrected chi connectivity index (χ0v) is 28.4. The van der Waals surface area contributed by atoms with Gasteiger partial charge in [-0.1, -0.05) is 91.4 Å². The van der Waals surface area contributed by atoms with Crippen molar-refractivity contribution in [2.75, 3.05) is 0 Å². The van der Waals surface area contributed by atoms with E-state index >= 15 is 4.39 Å². The van der Waals surface area contributed by atoms with Crippen LogP contribution in [0.5, 0.6) is 0 Å². The third-order valence-electron chi connectivity index (χ3n) is 7.44. The summed E-state index contributed by atoms with van der Waals surface area (Å²) in [5.41, 5.74) is 7.63. The first-order valence-electron chi connectivity index (χ1n) is 14.3. The minimum atomic E-state index is -1.27. The molecular weight excluding hydrogens is 740 g/mol. The van der Waals surface area contributed by atoms with Crippen LogP contribution in [0.15, 0.2) is 120 Å². The summed E-state index contributed by atoms with van der Waals surface area (Å²) in [4.78, 5) is 8.81. The summed E-state index contributed by atoms with van der Waals surface area (Å²) in [5.74, 6) is -0.354. The monoisotopic (exact) mass is 771 g/mol. The van der Waals surface area contributed by atoms with Gasteiger partial charge in [-0.2, -0.15) is 0 Å². The molecule has 0 atom stereocenters. The number of nitrogens with zero attached hydrogens (tertiary/aromatic N) is 2. The molecule has 0 unspecified atom stereocenters. The Labute approximate surface area is 272 Å². The van der Waals surface area contributed by atoms with Crippen molar-refractivity contribution in [1.29, 1.82) is 0 Å². The number of aryl methyl sites for hydroxylation is 1. The van der Waals surface area contributed by atoms with Gasteiger partial charge in [0.1, 0.15) is 5.58 Å². The molecule has 4 aromatic carbocycles. The molecule has 3 nitrogen and oxygen atoms in total. The maximum absolute atomic E-state index is 15.2. The van der Waals surface area contributed by atoms with E-state index in [2.05, 4.69) is 67.0 Å². The molecule has 44 heavy (non-hydrogen) atoms. The van der Waals surface area contributed by atoms with E-state index in [1.807, 2.05) is 72.8 Å². The first-order chi connectivity index (χ1) is 20.8. The maximum atomic E-state index is 15.2. The Morgan fingerprint density at radius 1 is 0.750 bits per heavy atom. The number of aromatic nitrogens is 2. The average molecular weight is 771 g/mol. The Balaban J connectivity index is 0.000000187. The fourth-order valence-electron chi connectivity index (χ4n) is 5.32. The normalized spacial score (nSPS) is 11.1. The zero-order valence-electron chi connectivity index (χ0n) is 25.0. The summed E-state index contributed by atoms with van der Waals surface area (Å²) in [7, 11) is -1.27. The van der Waals surface area contributed by atoms with Crippen molar-refractivity contribution in [3.8, 4) is 33.6 Å². The molecule has 0 spiro atoms. The van der Waals surface area contributed by atoms with Gasteiger partial charge in [-0.15, -0.1) is 48.0 Å². The molecule has 7 aromatic rings. The van der Waals surface area contributed by atoms with E-state index in [1.54, 1.807) is 24.4 Å². The van der Waals surface area contributed by atoms with Gasteiger partial charge < -0.3 is 14.4 Å². The molecule has 7 rings (SSSR count). The van der Waals surface area contributed by atoms with Crippen LogP contribution >= 0.6 is 0 Å². The molecule has 6 heteroatoms. The van der Waals surface area contributed by atoms with Crippen molar-refractivity contribution in [3.05, 3.63) is 139 Å². The summed E-state index contributed by atoms with van der Waals surface area (Å²) in [6, 6.07) is 39.3. The second kappa shape index (κ2) is 13.2. The third kappa shape index (κ3) is 6.48. The molecule has 0 aliphatic rings. The number of halogens is 1. The topological polar surface area (TPSA) is 38.9 Å². The Morgan fingerprint density at radius 3 is 2.20 bits per heavy atom. The number of hydrogen-bond donors (Lipinski definition) is 0. The van der Waals surface area contributed by atoms with E-state index in [-0.39, 0.29) is 25.9 Å². The molecule has 0 aliphatic carbocycles. The number of benzene rings is 4. The molecule has 0 aliphatic heterocycles. The van der Waals surface area contributed by atoms with Gasteiger partial charge in [0.25, 0.3) is 0 Å². The SMILES string of the molecule is Cc1cc(-c2[c-]cccc2)ncc1[Si](C)(C)C.Fc1c(-c2ccccn2)[c-]cc2oc3cc(-c4ccccc4)ccc3c12.[Ir]. The smallest absolute Gasteiger partial charge is 0.121 e. The number of hydrogen-bond acceptors (Lipinski definition) is 3. The molecule has 3 aromatic heterocycles. The molecule has 0 N–H and O–H groups in total. The van der Waals surface area contributed by atoms with Crippen LogP contribution in [0.2, 0.25) is 19.6 Å². The van der Waals surface area contributed by atoms with Crippen molar-refractivity contribution in [1.82, 2.24) is 9.97 Å². The van der Waals surface area contributed by atoms with Gasteiger partial charge in [0.05, 0.1) is 13.7 Å². The standard InChI is InChI=1S/C23H13FNO.C15H18NSi.Ir/c24-23-17(19-8-4-5-13-25-19)11-12-20-22(23)18-10-9-16(14-21(18)26-20)15-6-2-1-3-7-15;1-12-10-14(13-8-6-5-7-9-13)16-11-15(12)17(2,3)4;/h1-10,12-14H;5-8,10-11H,1-4H3;/q2*-1;. The molecule has 0 saturated carbocycles. The van der Waals surface area contributed by atoms with Gasteiger partial charge in [0, 0.05) is 43.7 Å². The Bertz CT molecular complexity index is 2020. The molecule has 0 amide bonds. The molecule has 221 valence electrons. The number of rotatable bonds is 4. The second-order valence-electron chi connectivity index (χ2n) is 11.5. The van der Waals surface area contributed by atoms with Gasteiger partial charge in [0.15, 0.2) is 0 Å². The van der Waals surface area contributed by atoms with Crippen LogP contribution in [-0.2, 0) is 20.1 Å². The maximum Gasteiger partial charge on any atom is 0.121 e. The summed E-state index contributed by atoms with van der Waals surface area (Å²) in [6.45, 7) is 9.24. The molecule has 3 heterocycles. The number of fused-ring (bicyclic) bond motifs is 3. The van der Waals surface area contributed by atoms with E-state index in [1.165, 1.54) is 10.8 Å². The van der Waals surface area contributed by atoms with Crippen LogP contribution in [0.3, 0.4) is 0 Å². The number of pyridine rings is 2. The van der Waals surface area contributed by atoms with E-state index in [0.29, 0.717) is 27.8 Å². The fourth-order valence-corrected chi connectivity index (χ4v) is 7.02. The van der Waals surface area contributed by atoms with Crippen LogP contribution in [0.25, 0.3) is 55.6 Å². The first-order valence-corrected chi connectivity index (χ1v) is 17.8. The van der Waals surface area contributed by atoms with Crippen LogP contribution in [-0.4, -0.2) is 18.0 Å². The second-order valence-corrected chi connectivity index (χ2v) is 16.6. The predicted octanol–water partition coefficient (Wildman–Crippen LogP) is 9.65. The largest absolute Gasteiger partial charge is 0.500 e. The molecule has 0 bridgehead atoms. The van der Waals surface area contributed by atoms with Crippen LogP contribution in [0.4, 0.5) is 4.39 Å². The predicted molar refractivity (Wildman–Crippen MR) is 177 cm³/mol. The van der Waals surface area contributed by atoms with Crippen LogP contribution < -0.4 is 5.19 Å². The van der Waals surface area contributed by atoms with Crippen LogP contribution in [0, 0.1) is 24.9 Å². The Kier molecular flexibility index (Phi) is 9.35. The molecular formula is C38H31FIrN2OSi-2. The Hall–Kier alpha value is -4.22. The van der Waals surface area contributed by atoms with Crippen molar-refractivity contribution in [2.45, 2.75) is 26.6 Å². The molecule has 0 fully saturated rings. The summed E-state index contributed by atoms with van der Waals surface area (Å²) in [6.07, 6.45) is 3.70. The molecule has 0 saturated heterocycles. The minimum absolute atomic E-state index is 0. The van der Waals surface area contributed by atoms with E-state index in [0.717, 1.165) is 27.8 Å². The van der Waals surface area contributed by atoms with Crippen LogP contribution in [0.1, 0.15) is 5.56 Å². The summed E-state index contributed by atoms with van der Waals surface area (Å²) in [5, 5.41) is 2.67. The van der Waals surface area contributed by atoms with E-state index in [9.17, 15) is 0 Å². The van der Waals surface area contributed by atoms with Crippen molar-refractivity contribution in [3.63, 3.8) is 0 Å². The van der Waals surface area contributed by atoms with Crippen molar-refractivity contribution >= 4 is 35.2 Å². The fraction of sp³-hybridized carbons (Fsp3) is 0.105. The Morgan fingerprint density at radius 2 is 1.52 bits per heavy atom. The van der Waals surface area contributed by atoms with E-state index < -0.39 is 8.07 Å². The average Bonchev–Trinajstić information content (AvgIpc) is 3.41. The van der Waals surface area contributed by atoms with Gasteiger partial charge in [0.2, 0.25) is 0 Å².